The third-order valence-corrected chi connectivity index (χ3v) is 1.70. The fraction of sp³-hybridized carbons (Fsp3) is 0.0909. The summed E-state index contributed by atoms with van der Waals surface area (Å²) in [6.07, 6.45) is 0. The van der Waals surface area contributed by atoms with Crippen molar-refractivity contribution < 1.29 is 0 Å². The summed E-state index contributed by atoms with van der Waals surface area (Å²) in [6.45, 7) is 2.05. The molecule has 0 N–H and O–H groups in total. The van der Waals surface area contributed by atoms with Gasteiger partial charge in [0.25, 0.3) is 0 Å². The average Bonchev–Trinajstić information content (AvgIpc) is 2.04. The van der Waals surface area contributed by atoms with E-state index in [2.05, 4.69) is 0 Å². The van der Waals surface area contributed by atoms with Gasteiger partial charge in [-0.1, -0.05) is 53.6 Å². The minimum absolute atomic E-state index is 0.741. The summed E-state index contributed by atoms with van der Waals surface area (Å²) in [7, 11) is 0. The molecule has 62 valence electrons. The van der Waals surface area contributed by atoms with Gasteiger partial charge in [-0.25, -0.2) is 0 Å². The highest BCUT2D eigenvalue weighted by molar-refractivity contribution is 6.30. The molecule has 0 saturated heterocycles. The Morgan fingerprint density at radius 2 is 1.42 bits per heavy atom. The summed E-state index contributed by atoms with van der Waals surface area (Å²) >= 11 is 5.84. The zero-order valence-corrected chi connectivity index (χ0v) is 7.75. The highest BCUT2D eigenvalue weighted by atomic mass is 35.5. The molecule has 0 nitrogen and oxygen atoms in total. The zero-order valence-electron chi connectivity index (χ0n) is 7.00. The van der Waals surface area contributed by atoms with Crippen LogP contribution >= 0.6 is 11.6 Å². The van der Waals surface area contributed by atoms with E-state index in [-0.39, 0.29) is 0 Å². The molecular weight excluding hydrogens is 168 g/mol. The van der Waals surface area contributed by atoms with E-state index in [1.807, 2.05) is 55.5 Å². The summed E-state index contributed by atoms with van der Waals surface area (Å²) < 4.78 is 0. The van der Waals surface area contributed by atoms with Crippen LogP contribution in [0.3, 0.4) is 0 Å². The van der Waals surface area contributed by atoms with Gasteiger partial charge in [-0.3, -0.25) is 0 Å². The topological polar surface area (TPSA) is 0 Å². The molecule has 0 aliphatic heterocycles. The minimum atomic E-state index is 0.741. The molecule has 0 heterocycles. The van der Waals surface area contributed by atoms with E-state index in [0.717, 1.165) is 5.02 Å². The maximum absolute atomic E-state index is 5.84. The van der Waals surface area contributed by atoms with Crippen molar-refractivity contribution in [3.63, 3.8) is 0 Å². The van der Waals surface area contributed by atoms with Crippen molar-refractivity contribution in [2.45, 2.75) is 6.92 Å². The molecule has 1 heteroatoms. The number of hydrogen-bond acceptors (Lipinski definition) is 0. The average molecular weight is 179 g/mol. The summed E-state index contributed by atoms with van der Waals surface area (Å²) in [5.74, 6) is 0. The van der Waals surface area contributed by atoms with Crippen molar-refractivity contribution in [3.05, 3.63) is 59.1 Å². The maximum atomic E-state index is 5.84. The second kappa shape index (κ2) is 4.78. The molecule has 1 aromatic carbocycles. The first-order valence-corrected chi connectivity index (χ1v) is 4.22. The highest BCUT2D eigenvalue weighted by Gasteiger charge is 1.76. The van der Waals surface area contributed by atoms with Crippen molar-refractivity contribution in [1.29, 1.82) is 0 Å². The largest absolute Gasteiger partial charge is 0.0843 e. The zero-order chi connectivity index (χ0) is 8.81. The lowest BCUT2D eigenvalue weighted by atomic mass is 10.3. The van der Waals surface area contributed by atoms with Crippen LogP contribution in [-0.2, 0) is 0 Å². The quantitative estimate of drug-likeness (QED) is 0.567. The van der Waals surface area contributed by atoms with Crippen molar-refractivity contribution in [1.82, 2.24) is 0 Å². The molecule has 1 rings (SSSR count). The smallest absolute Gasteiger partial charge is 0.0405 e. The van der Waals surface area contributed by atoms with E-state index in [0.29, 0.717) is 0 Å². The maximum Gasteiger partial charge on any atom is 0.0405 e. The van der Waals surface area contributed by atoms with E-state index < -0.39 is 0 Å². The van der Waals surface area contributed by atoms with Crippen LogP contribution in [-0.4, -0.2) is 0 Å². The standard InChI is InChI=1S/C11H11Cl/c1-10-6-3-2-4-8-11(12)9-5-7-10/h2-9H,1H3. The third kappa shape index (κ3) is 3.40. The molecule has 0 aliphatic carbocycles. The number of rotatable bonds is 0. The van der Waals surface area contributed by atoms with E-state index in [9.17, 15) is 0 Å². The predicted molar refractivity (Wildman–Crippen MR) is 53.8 cm³/mol. The molecule has 0 aliphatic rings. The molecule has 0 aromatic heterocycles. The molecular formula is C11H11Cl. The Hall–Kier alpha value is -1.01. The molecule has 12 heavy (non-hydrogen) atoms. The first-order valence-electron chi connectivity index (χ1n) is 3.84. The molecule has 1 aromatic rings. The van der Waals surface area contributed by atoms with Gasteiger partial charge in [0.2, 0.25) is 0 Å². The Labute approximate surface area is 78.1 Å². The molecule has 0 radical (unpaired) electrons. The van der Waals surface area contributed by atoms with E-state index in [1.165, 1.54) is 5.56 Å². The Balaban J connectivity index is 3.19. The molecule has 0 unspecified atom stereocenters. The molecule has 0 bridgehead atoms. The fourth-order valence-electron chi connectivity index (χ4n) is 0.822. The first-order chi connectivity index (χ1) is 5.79. The van der Waals surface area contributed by atoms with Crippen molar-refractivity contribution in [2.24, 2.45) is 0 Å². The van der Waals surface area contributed by atoms with Crippen molar-refractivity contribution >= 4 is 11.6 Å². The van der Waals surface area contributed by atoms with Gasteiger partial charge in [0.15, 0.2) is 0 Å². The Morgan fingerprint density at radius 1 is 0.833 bits per heavy atom. The third-order valence-electron chi connectivity index (χ3n) is 1.45. The first kappa shape index (κ1) is 9.08. The lowest BCUT2D eigenvalue weighted by molar-refractivity contribution is 1.49. The van der Waals surface area contributed by atoms with Gasteiger partial charge in [-0.2, -0.15) is 0 Å². The molecule has 0 amide bonds. The highest BCUT2D eigenvalue weighted by Crippen LogP contribution is 2.02. The second-order valence-corrected chi connectivity index (χ2v) is 3.00. The monoisotopic (exact) mass is 178 g/mol. The van der Waals surface area contributed by atoms with Crippen LogP contribution in [0, 0.1) is 6.92 Å². The fourth-order valence-corrected chi connectivity index (χ4v) is 0.967. The summed E-state index contributed by atoms with van der Waals surface area (Å²) in [5, 5.41) is 0.741. The molecule has 0 spiro atoms. The van der Waals surface area contributed by atoms with Crippen LogP contribution in [0.5, 0.6) is 0 Å². The molecule has 0 saturated carbocycles. The van der Waals surface area contributed by atoms with Crippen LogP contribution in [0.4, 0.5) is 0 Å². The SMILES string of the molecule is Cc1cccccc(Cl)ccc1. The van der Waals surface area contributed by atoms with Gasteiger partial charge in [-0.15, -0.1) is 0 Å². The van der Waals surface area contributed by atoms with Crippen molar-refractivity contribution in [2.75, 3.05) is 0 Å². The minimum Gasteiger partial charge on any atom is -0.0843 e. The summed E-state index contributed by atoms with van der Waals surface area (Å²) in [5.41, 5.74) is 1.21. The Kier molecular flexibility index (Phi) is 3.62. The van der Waals surface area contributed by atoms with E-state index in [1.54, 1.807) is 0 Å². The van der Waals surface area contributed by atoms with Gasteiger partial charge in [0.05, 0.1) is 0 Å². The van der Waals surface area contributed by atoms with Crippen LogP contribution < -0.4 is 0 Å². The van der Waals surface area contributed by atoms with Crippen LogP contribution in [0.2, 0.25) is 5.02 Å². The van der Waals surface area contributed by atoms with Crippen molar-refractivity contribution in [3.8, 4) is 0 Å². The Bertz CT molecular complexity index is 276. The second-order valence-electron chi connectivity index (χ2n) is 2.57. The lowest BCUT2D eigenvalue weighted by Gasteiger charge is -1.83. The number of aryl methyl sites for hydroxylation is 1. The predicted octanol–water partition coefficient (Wildman–Crippen LogP) is 3.77. The Morgan fingerprint density at radius 3 is 2.25 bits per heavy atom. The molecule has 0 fully saturated rings. The van der Waals surface area contributed by atoms with E-state index in [4.69, 9.17) is 11.6 Å². The van der Waals surface area contributed by atoms with Gasteiger partial charge in [0.1, 0.15) is 0 Å². The van der Waals surface area contributed by atoms with Crippen LogP contribution in [0.25, 0.3) is 0 Å². The van der Waals surface area contributed by atoms with Crippen LogP contribution in [0.1, 0.15) is 5.56 Å². The molecule has 0 atom stereocenters. The number of hydrogen-bond donors (Lipinski definition) is 0. The van der Waals surface area contributed by atoms with E-state index >= 15 is 0 Å². The summed E-state index contributed by atoms with van der Waals surface area (Å²) in [4.78, 5) is 0. The van der Waals surface area contributed by atoms with Gasteiger partial charge in [-0.05, 0) is 19.1 Å². The lowest BCUT2D eigenvalue weighted by Crippen LogP contribution is -1.61. The van der Waals surface area contributed by atoms with Gasteiger partial charge in [0, 0.05) is 5.02 Å². The van der Waals surface area contributed by atoms with Gasteiger partial charge >= 0.3 is 0 Å². The summed E-state index contributed by atoms with van der Waals surface area (Å²) in [6, 6.07) is 15.6. The van der Waals surface area contributed by atoms with Gasteiger partial charge < -0.3 is 0 Å². The van der Waals surface area contributed by atoms with Crippen LogP contribution in [0.15, 0.2) is 48.5 Å². The normalized spacial score (nSPS) is 8.83. The number of halogens is 1.